The van der Waals surface area contributed by atoms with Crippen molar-refractivity contribution >= 4 is 39.2 Å². The highest BCUT2D eigenvalue weighted by Crippen LogP contribution is 2.26. The molecule has 2 aromatic carbocycles. The first-order chi connectivity index (χ1) is 14.3. The van der Waals surface area contributed by atoms with Crippen LogP contribution in [0.1, 0.15) is 12.5 Å². The van der Waals surface area contributed by atoms with E-state index < -0.39 is 10.1 Å². The maximum atomic E-state index is 12.9. The first kappa shape index (κ1) is 20.3. The van der Waals surface area contributed by atoms with Crippen molar-refractivity contribution in [1.29, 1.82) is 0 Å². The Balaban J connectivity index is 1.53. The summed E-state index contributed by atoms with van der Waals surface area (Å²) in [5.74, 6) is -0.302. The van der Waals surface area contributed by atoms with Crippen LogP contribution in [0.2, 0.25) is 0 Å². The number of morpholine rings is 1. The van der Waals surface area contributed by atoms with Gasteiger partial charge in [0.25, 0.3) is 16.0 Å². The van der Waals surface area contributed by atoms with Crippen LogP contribution in [-0.2, 0) is 19.6 Å². The van der Waals surface area contributed by atoms with Gasteiger partial charge in [-0.15, -0.1) is 0 Å². The number of hydrogen-bond donors (Lipinski definition) is 1. The van der Waals surface area contributed by atoms with Gasteiger partial charge in [-0.1, -0.05) is 12.1 Å². The Morgan fingerprint density at radius 3 is 2.20 bits per heavy atom. The number of amides is 1. The van der Waals surface area contributed by atoms with Crippen LogP contribution in [0.5, 0.6) is 0 Å². The van der Waals surface area contributed by atoms with Crippen molar-refractivity contribution in [1.82, 2.24) is 0 Å². The maximum absolute atomic E-state index is 12.9. The van der Waals surface area contributed by atoms with Crippen LogP contribution in [0.25, 0.3) is 6.08 Å². The summed E-state index contributed by atoms with van der Waals surface area (Å²) in [5, 5.41) is 5.52. The predicted molar refractivity (Wildman–Crippen MR) is 114 cm³/mol. The Bertz CT molecular complexity index is 1120. The molecule has 0 bridgehead atoms. The van der Waals surface area contributed by atoms with Gasteiger partial charge in [-0.05, 0) is 55.0 Å². The highest BCUT2D eigenvalue weighted by molar-refractivity contribution is 7.85. The second-order valence-electron chi connectivity index (χ2n) is 7.02. The highest BCUT2D eigenvalue weighted by Gasteiger charge is 2.29. The zero-order valence-corrected chi connectivity index (χ0v) is 17.2. The van der Waals surface area contributed by atoms with E-state index >= 15 is 0 Å². The minimum Gasteiger partial charge on any atom is -0.378 e. The third-order valence-corrected chi connectivity index (χ3v) is 5.89. The van der Waals surface area contributed by atoms with Crippen molar-refractivity contribution in [3.63, 3.8) is 0 Å². The molecule has 4 rings (SSSR count). The Labute approximate surface area is 174 Å². The minimum absolute atomic E-state index is 0.241. The number of anilines is 2. The molecule has 30 heavy (non-hydrogen) atoms. The molecule has 156 valence electrons. The largest absolute Gasteiger partial charge is 0.378 e. The van der Waals surface area contributed by atoms with E-state index in [9.17, 15) is 13.2 Å². The molecule has 0 spiro atoms. The third kappa shape index (κ3) is 4.13. The number of nitrogens with zero attached hydrogens (tertiary/aromatic N) is 3. The molecular weight excluding hydrogens is 406 g/mol. The number of ether oxygens (including phenoxy) is 1. The molecule has 1 N–H and O–H groups in total. The first-order valence-electron chi connectivity index (χ1n) is 9.45. The lowest BCUT2D eigenvalue weighted by Gasteiger charge is -2.28. The van der Waals surface area contributed by atoms with Gasteiger partial charge >= 0.3 is 0 Å². The van der Waals surface area contributed by atoms with Crippen LogP contribution in [0.4, 0.5) is 11.4 Å². The van der Waals surface area contributed by atoms with Gasteiger partial charge in [0.2, 0.25) is 0 Å². The minimum atomic E-state index is -4.29. The molecule has 2 heterocycles. The Morgan fingerprint density at radius 2 is 1.60 bits per heavy atom. The Morgan fingerprint density at radius 1 is 1.00 bits per heavy atom. The smallest absolute Gasteiger partial charge is 0.294 e. The van der Waals surface area contributed by atoms with Crippen LogP contribution in [0, 0.1) is 0 Å². The molecule has 0 aliphatic carbocycles. The molecule has 9 heteroatoms. The van der Waals surface area contributed by atoms with Gasteiger partial charge in [0.15, 0.2) is 0 Å². The topological polar surface area (TPSA) is 99.5 Å². The van der Waals surface area contributed by atoms with Crippen molar-refractivity contribution in [3.05, 3.63) is 59.7 Å². The number of rotatable bonds is 4. The molecule has 2 aromatic rings. The van der Waals surface area contributed by atoms with Crippen molar-refractivity contribution in [2.45, 2.75) is 11.8 Å². The molecule has 0 unspecified atom stereocenters. The molecule has 2 aliphatic heterocycles. The molecule has 1 fully saturated rings. The van der Waals surface area contributed by atoms with E-state index in [2.05, 4.69) is 10.0 Å². The zero-order valence-electron chi connectivity index (χ0n) is 16.4. The molecule has 8 nitrogen and oxygen atoms in total. The lowest BCUT2D eigenvalue weighted by molar-refractivity contribution is -0.114. The van der Waals surface area contributed by atoms with Crippen molar-refractivity contribution < 1.29 is 22.5 Å². The summed E-state index contributed by atoms with van der Waals surface area (Å²) in [4.78, 5) is 14.9. The third-order valence-electron chi connectivity index (χ3n) is 5.02. The first-order valence-corrected chi connectivity index (χ1v) is 10.9. The van der Waals surface area contributed by atoms with E-state index in [0.29, 0.717) is 17.0 Å². The second-order valence-corrected chi connectivity index (χ2v) is 8.44. The summed E-state index contributed by atoms with van der Waals surface area (Å²) in [5.41, 5.74) is 3.44. The highest BCUT2D eigenvalue weighted by atomic mass is 32.2. The fraction of sp³-hybridized carbons (Fsp3) is 0.238. The molecule has 2 aliphatic rings. The number of carbonyl (C=O) groups is 1. The molecule has 0 atom stereocenters. The average Bonchev–Trinajstić information content (AvgIpc) is 3.03. The molecule has 0 radical (unpaired) electrons. The number of hydrogen-bond acceptors (Lipinski definition) is 6. The predicted octanol–water partition coefficient (Wildman–Crippen LogP) is 2.58. The van der Waals surface area contributed by atoms with Gasteiger partial charge in [-0.2, -0.15) is 18.5 Å². The fourth-order valence-corrected chi connectivity index (χ4v) is 3.87. The van der Waals surface area contributed by atoms with Crippen LogP contribution in [0.3, 0.4) is 0 Å². The number of carbonyl (C=O) groups excluding carboxylic acids is 1. The van der Waals surface area contributed by atoms with Gasteiger partial charge in [0.05, 0.1) is 35.1 Å². The molecular formula is C21H21N3O5S. The number of benzene rings is 2. The van der Waals surface area contributed by atoms with Crippen LogP contribution in [-0.4, -0.2) is 50.9 Å². The van der Waals surface area contributed by atoms with E-state index in [1.54, 1.807) is 13.0 Å². The van der Waals surface area contributed by atoms with Gasteiger partial charge in [0, 0.05) is 18.8 Å². The molecule has 0 aromatic heterocycles. The van der Waals surface area contributed by atoms with Crippen molar-refractivity contribution in [3.8, 4) is 0 Å². The summed E-state index contributed by atoms with van der Waals surface area (Å²) in [6.45, 7) is 4.90. The van der Waals surface area contributed by atoms with E-state index in [-0.39, 0.29) is 10.8 Å². The van der Waals surface area contributed by atoms with E-state index in [0.717, 1.165) is 37.6 Å². The number of hydrazone groups is 1. The monoisotopic (exact) mass is 427 g/mol. The standard InChI is InChI=1S/C21H21N3O5S/c1-15-20(14-16-2-4-17(5-3-16)23-10-12-29-13-11-23)21(25)24(22-15)18-6-8-19(9-7-18)30(26,27)28/h2-9,14H,10-13H2,1H3,(H,26,27,28)/b20-14-. The molecule has 0 saturated carbocycles. The summed E-state index contributed by atoms with van der Waals surface area (Å²) < 4.78 is 36.9. The SMILES string of the molecule is CC1=NN(c2ccc(S(=O)(=O)O)cc2)C(=O)/C1=C\c1ccc(N2CCOCC2)cc1. The maximum Gasteiger partial charge on any atom is 0.294 e. The average molecular weight is 427 g/mol. The van der Waals surface area contributed by atoms with E-state index in [1.165, 1.54) is 29.3 Å². The normalized spacial score (nSPS) is 18.8. The van der Waals surface area contributed by atoms with Gasteiger partial charge in [-0.3, -0.25) is 9.35 Å². The zero-order chi connectivity index (χ0) is 21.3. The summed E-state index contributed by atoms with van der Waals surface area (Å²) >= 11 is 0. The van der Waals surface area contributed by atoms with Gasteiger partial charge in [0.1, 0.15) is 0 Å². The van der Waals surface area contributed by atoms with Gasteiger partial charge in [-0.25, -0.2) is 0 Å². The molecule has 1 amide bonds. The van der Waals surface area contributed by atoms with Crippen LogP contribution in [0.15, 0.2) is 64.1 Å². The van der Waals surface area contributed by atoms with Crippen LogP contribution >= 0.6 is 0 Å². The van der Waals surface area contributed by atoms with E-state index in [4.69, 9.17) is 9.29 Å². The second kappa shape index (κ2) is 8.02. The van der Waals surface area contributed by atoms with Crippen molar-refractivity contribution in [2.75, 3.05) is 36.2 Å². The summed E-state index contributed by atoms with van der Waals surface area (Å²) in [6.07, 6.45) is 1.79. The summed E-state index contributed by atoms with van der Waals surface area (Å²) in [6, 6.07) is 13.3. The van der Waals surface area contributed by atoms with Crippen molar-refractivity contribution in [2.24, 2.45) is 5.10 Å². The van der Waals surface area contributed by atoms with Gasteiger partial charge < -0.3 is 9.64 Å². The lowest BCUT2D eigenvalue weighted by Crippen LogP contribution is -2.36. The summed E-state index contributed by atoms with van der Waals surface area (Å²) in [7, 11) is -4.29. The fourth-order valence-electron chi connectivity index (χ4n) is 3.39. The van der Waals surface area contributed by atoms with Crippen LogP contribution < -0.4 is 9.91 Å². The quantitative estimate of drug-likeness (QED) is 0.595. The Kier molecular flexibility index (Phi) is 5.42. The lowest BCUT2D eigenvalue weighted by atomic mass is 10.1. The van der Waals surface area contributed by atoms with E-state index in [1.807, 2.05) is 24.3 Å². The molecule has 1 saturated heterocycles. The Hall–Kier alpha value is -3.01.